The Bertz CT molecular complexity index is 423. The molecule has 1 rings (SSSR count). The van der Waals surface area contributed by atoms with E-state index in [0.29, 0.717) is 0 Å². The lowest BCUT2D eigenvalue weighted by Gasteiger charge is -2.22. The lowest BCUT2D eigenvalue weighted by atomic mass is 10.4. The van der Waals surface area contributed by atoms with E-state index in [1.165, 1.54) is 0 Å². The number of nitrogens with one attached hydrogen (secondary N) is 1. The van der Waals surface area contributed by atoms with Gasteiger partial charge in [-0.3, -0.25) is 4.99 Å². The highest BCUT2D eigenvalue weighted by Gasteiger charge is 2.09. The standard InChI is InChI=1S/C13H23ClN4O.HI/c1-15-13(16-6-5-7-19-4)18(3)10-12-8-11(14)9-17(12)2;/h8-9H,5-7,10H2,1-4H3,(H,15,16);1H. The topological polar surface area (TPSA) is 41.8 Å². The summed E-state index contributed by atoms with van der Waals surface area (Å²) < 4.78 is 7.05. The van der Waals surface area contributed by atoms with Crippen LogP contribution in [0.5, 0.6) is 0 Å². The van der Waals surface area contributed by atoms with Crippen LogP contribution in [0.25, 0.3) is 0 Å². The van der Waals surface area contributed by atoms with Crippen LogP contribution in [0.15, 0.2) is 17.3 Å². The number of aryl methyl sites for hydroxylation is 1. The number of hydrogen-bond acceptors (Lipinski definition) is 2. The largest absolute Gasteiger partial charge is 0.385 e. The molecule has 0 aromatic carbocycles. The predicted octanol–water partition coefficient (Wildman–Crippen LogP) is 2.34. The molecule has 0 radical (unpaired) electrons. The molecule has 5 nitrogen and oxygen atoms in total. The SMILES string of the molecule is CN=C(NCCCOC)N(C)Cc1cc(Cl)cn1C.I. The van der Waals surface area contributed by atoms with Crippen molar-refractivity contribution in [3.63, 3.8) is 0 Å². The number of guanidine groups is 1. The third-order valence-electron chi connectivity index (χ3n) is 2.86. The molecule has 1 heterocycles. The van der Waals surface area contributed by atoms with Crippen molar-refractivity contribution in [2.24, 2.45) is 12.0 Å². The Balaban J connectivity index is 0.00000361. The van der Waals surface area contributed by atoms with Crippen molar-refractivity contribution in [3.05, 3.63) is 23.0 Å². The first-order valence-electron chi connectivity index (χ1n) is 6.30. The number of hydrogen-bond donors (Lipinski definition) is 1. The van der Waals surface area contributed by atoms with Crippen molar-refractivity contribution in [2.45, 2.75) is 13.0 Å². The van der Waals surface area contributed by atoms with Crippen molar-refractivity contribution < 1.29 is 4.74 Å². The summed E-state index contributed by atoms with van der Waals surface area (Å²) in [5.41, 5.74) is 1.15. The zero-order valence-corrected chi connectivity index (χ0v) is 15.6. The quantitative estimate of drug-likeness (QED) is 0.336. The summed E-state index contributed by atoms with van der Waals surface area (Å²) in [6, 6.07) is 1.97. The Labute approximate surface area is 143 Å². The van der Waals surface area contributed by atoms with Gasteiger partial charge in [-0.05, 0) is 12.5 Å². The Kier molecular flexibility index (Phi) is 10.0. The smallest absolute Gasteiger partial charge is 0.193 e. The highest BCUT2D eigenvalue weighted by molar-refractivity contribution is 14.0. The molecule has 20 heavy (non-hydrogen) atoms. The van der Waals surface area contributed by atoms with Crippen LogP contribution < -0.4 is 5.32 Å². The fourth-order valence-corrected chi connectivity index (χ4v) is 2.11. The predicted molar refractivity (Wildman–Crippen MR) is 95.2 cm³/mol. The molecule has 7 heteroatoms. The molecule has 1 aromatic heterocycles. The van der Waals surface area contributed by atoms with Crippen molar-refractivity contribution in [1.82, 2.24) is 14.8 Å². The second kappa shape index (κ2) is 10.3. The summed E-state index contributed by atoms with van der Waals surface area (Å²) in [5, 5.41) is 4.06. The molecule has 0 amide bonds. The average molecular weight is 415 g/mol. The Morgan fingerprint density at radius 2 is 2.25 bits per heavy atom. The van der Waals surface area contributed by atoms with E-state index in [-0.39, 0.29) is 24.0 Å². The first-order chi connectivity index (χ1) is 9.08. The lowest BCUT2D eigenvalue weighted by molar-refractivity contribution is 0.195. The van der Waals surface area contributed by atoms with Gasteiger partial charge in [0.2, 0.25) is 0 Å². The number of methoxy groups -OCH3 is 1. The van der Waals surface area contributed by atoms with Gasteiger partial charge in [0, 0.05) is 53.3 Å². The van der Waals surface area contributed by atoms with Gasteiger partial charge in [0.05, 0.1) is 11.6 Å². The first kappa shape index (κ1) is 19.5. The monoisotopic (exact) mass is 414 g/mol. The number of nitrogens with zero attached hydrogens (tertiary/aromatic N) is 3. The Morgan fingerprint density at radius 3 is 2.75 bits per heavy atom. The molecule has 0 aliphatic heterocycles. The van der Waals surface area contributed by atoms with E-state index in [2.05, 4.69) is 15.2 Å². The summed E-state index contributed by atoms with van der Waals surface area (Å²) in [4.78, 5) is 6.33. The highest BCUT2D eigenvalue weighted by Crippen LogP contribution is 2.14. The molecule has 0 bridgehead atoms. The van der Waals surface area contributed by atoms with Crippen molar-refractivity contribution >= 4 is 41.5 Å². The summed E-state index contributed by atoms with van der Waals surface area (Å²) in [6.07, 6.45) is 2.86. The van der Waals surface area contributed by atoms with E-state index in [0.717, 1.165) is 42.8 Å². The molecule has 0 saturated carbocycles. The van der Waals surface area contributed by atoms with Crippen molar-refractivity contribution in [2.75, 3.05) is 34.4 Å². The summed E-state index contributed by atoms with van der Waals surface area (Å²) in [6.45, 7) is 2.35. The first-order valence-corrected chi connectivity index (χ1v) is 6.67. The normalized spacial score (nSPS) is 11.2. The second-order valence-corrected chi connectivity index (χ2v) is 4.87. The highest BCUT2D eigenvalue weighted by atomic mass is 127. The number of aliphatic imine (C=N–C) groups is 1. The number of halogens is 2. The van der Waals surface area contributed by atoms with Crippen LogP contribution in [-0.2, 0) is 18.3 Å². The van der Waals surface area contributed by atoms with Gasteiger partial charge < -0.3 is 19.5 Å². The van der Waals surface area contributed by atoms with Crippen LogP contribution in [-0.4, -0.2) is 49.8 Å². The Hall–Kier alpha value is -0.470. The number of rotatable bonds is 6. The van der Waals surface area contributed by atoms with Crippen LogP contribution in [0.3, 0.4) is 0 Å². The molecule has 0 fully saturated rings. The molecule has 116 valence electrons. The van der Waals surface area contributed by atoms with Gasteiger partial charge in [0.25, 0.3) is 0 Å². The molecule has 0 unspecified atom stereocenters. The maximum Gasteiger partial charge on any atom is 0.193 e. The maximum atomic E-state index is 5.98. The van der Waals surface area contributed by atoms with E-state index >= 15 is 0 Å². The molecule has 0 aliphatic rings. The molecule has 1 aromatic rings. The molecule has 1 N–H and O–H groups in total. The molecule has 0 saturated heterocycles. The lowest BCUT2D eigenvalue weighted by Crippen LogP contribution is -2.39. The summed E-state index contributed by atoms with van der Waals surface area (Å²) in [5.74, 6) is 0.869. The maximum absolute atomic E-state index is 5.98. The third-order valence-corrected chi connectivity index (χ3v) is 3.06. The van der Waals surface area contributed by atoms with E-state index in [1.54, 1.807) is 14.2 Å². The van der Waals surface area contributed by atoms with Gasteiger partial charge in [0.1, 0.15) is 0 Å². The van der Waals surface area contributed by atoms with Gasteiger partial charge in [-0.25, -0.2) is 0 Å². The van der Waals surface area contributed by atoms with Gasteiger partial charge in [-0.1, -0.05) is 11.6 Å². The number of aromatic nitrogens is 1. The van der Waals surface area contributed by atoms with Crippen LogP contribution in [0, 0.1) is 0 Å². The van der Waals surface area contributed by atoms with Crippen LogP contribution in [0.4, 0.5) is 0 Å². The Morgan fingerprint density at radius 1 is 1.55 bits per heavy atom. The summed E-state index contributed by atoms with van der Waals surface area (Å²) in [7, 11) is 7.49. The molecule has 0 atom stereocenters. The second-order valence-electron chi connectivity index (χ2n) is 4.44. The van der Waals surface area contributed by atoms with Gasteiger partial charge in [-0.2, -0.15) is 0 Å². The van der Waals surface area contributed by atoms with E-state index in [1.807, 2.05) is 30.9 Å². The van der Waals surface area contributed by atoms with E-state index in [9.17, 15) is 0 Å². The van der Waals surface area contributed by atoms with E-state index in [4.69, 9.17) is 16.3 Å². The van der Waals surface area contributed by atoms with Crippen LogP contribution in [0.1, 0.15) is 12.1 Å². The molecular weight excluding hydrogens is 391 g/mol. The zero-order valence-electron chi connectivity index (χ0n) is 12.5. The van der Waals surface area contributed by atoms with Crippen LogP contribution in [0.2, 0.25) is 5.02 Å². The number of ether oxygens (including phenoxy) is 1. The third kappa shape index (κ3) is 6.32. The van der Waals surface area contributed by atoms with Crippen molar-refractivity contribution in [1.29, 1.82) is 0 Å². The zero-order chi connectivity index (χ0) is 14.3. The molecule has 0 spiro atoms. The summed E-state index contributed by atoms with van der Waals surface area (Å²) >= 11 is 5.98. The average Bonchev–Trinajstić information content (AvgIpc) is 2.68. The van der Waals surface area contributed by atoms with E-state index < -0.39 is 0 Å². The minimum atomic E-state index is 0. The molecule has 0 aliphatic carbocycles. The van der Waals surface area contributed by atoms with Crippen molar-refractivity contribution in [3.8, 4) is 0 Å². The van der Waals surface area contributed by atoms with Gasteiger partial charge in [0.15, 0.2) is 5.96 Å². The minimum absolute atomic E-state index is 0. The minimum Gasteiger partial charge on any atom is -0.385 e. The fraction of sp³-hybridized carbons (Fsp3) is 0.615. The van der Waals surface area contributed by atoms with Crippen LogP contribution >= 0.6 is 35.6 Å². The molecular formula is C13H24ClIN4O. The van der Waals surface area contributed by atoms with Gasteiger partial charge >= 0.3 is 0 Å². The fourth-order valence-electron chi connectivity index (χ4n) is 1.84. The van der Waals surface area contributed by atoms with Gasteiger partial charge in [-0.15, -0.1) is 24.0 Å².